The number of rotatable bonds is 4. The highest BCUT2D eigenvalue weighted by Crippen LogP contribution is 2.46. The van der Waals surface area contributed by atoms with Crippen molar-refractivity contribution in [2.24, 2.45) is 0 Å². The first-order chi connectivity index (χ1) is 29.1. The first-order valence-electron chi connectivity index (χ1n) is 20.5. The molecule has 0 fully saturated rings. The molecule has 0 spiro atoms. The van der Waals surface area contributed by atoms with E-state index in [9.17, 15) is 0 Å². The fraction of sp³-hybridized carbons (Fsp3) is 0.0351. The van der Waals surface area contributed by atoms with Gasteiger partial charge in [0.05, 0.1) is 11.0 Å². The highest BCUT2D eigenvalue weighted by Gasteiger charge is 2.19. The van der Waals surface area contributed by atoms with Crippen LogP contribution in [-0.2, 0) is 0 Å². The summed E-state index contributed by atoms with van der Waals surface area (Å²) in [6.07, 6.45) is 0. The zero-order chi connectivity index (χ0) is 39.2. The number of aryl methyl sites for hydroxylation is 2. The summed E-state index contributed by atoms with van der Waals surface area (Å²) in [5, 5.41) is 15.2. The van der Waals surface area contributed by atoms with Gasteiger partial charge < -0.3 is 0 Å². The van der Waals surface area contributed by atoms with Gasteiger partial charge in [-0.1, -0.05) is 164 Å². The summed E-state index contributed by atoms with van der Waals surface area (Å²) < 4.78 is 2.25. The lowest BCUT2D eigenvalue weighted by atomic mass is 9.85. The molecule has 11 aromatic carbocycles. The van der Waals surface area contributed by atoms with Crippen LogP contribution in [0.2, 0.25) is 0 Å². The van der Waals surface area contributed by atoms with Crippen molar-refractivity contribution in [3.8, 4) is 39.1 Å². The number of fused-ring (bicyclic) bond motifs is 9. The molecule has 59 heavy (non-hydrogen) atoms. The number of hydrogen-bond donors (Lipinski definition) is 0. The summed E-state index contributed by atoms with van der Waals surface area (Å²) in [7, 11) is 0. The predicted octanol–water partition coefficient (Wildman–Crippen LogP) is 15.6. The van der Waals surface area contributed by atoms with Crippen molar-refractivity contribution < 1.29 is 0 Å². The highest BCUT2D eigenvalue weighted by atomic mass is 15.1. The van der Waals surface area contributed by atoms with Crippen molar-refractivity contribution in [3.63, 3.8) is 0 Å². The quantitative estimate of drug-likeness (QED) is 0.129. The average molecular weight is 751 g/mol. The zero-order valence-electron chi connectivity index (χ0n) is 32.9. The molecule has 12 aromatic rings. The second kappa shape index (κ2) is 13.0. The zero-order valence-corrected chi connectivity index (χ0v) is 32.9. The Kier molecular flexibility index (Phi) is 7.39. The van der Waals surface area contributed by atoms with E-state index >= 15 is 0 Å². The van der Waals surface area contributed by atoms with Gasteiger partial charge in [-0.05, 0) is 148 Å². The Balaban J connectivity index is 1.05. The predicted molar refractivity (Wildman–Crippen MR) is 252 cm³/mol. The van der Waals surface area contributed by atoms with Crippen molar-refractivity contribution >= 4 is 75.7 Å². The van der Waals surface area contributed by atoms with Crippen LogP contribution in [0.3, 0.4) is 0 Å². The molecule has 0 aliphatic rings. The number of benzene rings is 11. The van der Waals surface area contributed by atoms with Gasteiger partial charge in [-0.3, -0.25) is 4.57 Å². The van der Waals surface area contributed by atoms with E-state index in [-0.39, 0.29) is 0 Å². The van der Waals surface area contributed by atoms with Gasteiger partial charge in [-0.2, -0.15) is 0 Å². The topological polar surface area (TPSA) is 17.8 Å². The highest BCUT2D eigenvalue weighted by molar-refractivity contribution is 6.24. The van der Waals surface area contributed by atoms with Gasteiger partial charge in [0.2, 0.25) is 0 Å². The van der Waals surface area contributed by atoms with Gasteiger partial charge in [0, 0.05) is 5.69 Å². The molecule has 0 saturated heterocycles. The van der Waals surface area contributed by atoms with Crippen molar-refractivity contribution in [2.75, 3.05) is 0 Å². The summed E-state index contributed by atoms with van der Waals surface area (Å²) in [5.41, 5.74) is 12.0. The monoisotopic (exact) mass is 750 g/mol. The Morgan fingerprint density at radius 1 is 0.373 bits per heavy atom. The third-order valence-electron chi connectivity index (χ3n) is 12.6. The summed E-state index contributed by atoms with van der Waals surface area (Å²) in [5.74, 6) is 0.982. The van der Waals surface area contributed by atoms with Gasteiger partial charge in [-0.15, -0.1) is 0 Å². The minimum atomic E-state index is 0.982. The molecule has 1 heterocycles. The Hall–Kier alpha value is -7.55. The maximum atomic E-state index is 4.83. The molecule has 0 N–H and O–H groups in total. The molecular formula is C57H38N2. The van der Waals surface area contributed by atoms with Crippen LogP contribution in [0.15, 0.2) is 194 Å². The van der Waals surface area contributed by atoms with Crippen LogP contribution in [-0.4, -0.2) is 9.55 Å². The van der Waals surface area contributed by atoms with Gasteiger partial charge in [0.25, 0.3) is 0 Å². The molecule has 0 bridgehead atoms. The van der Waals surface area contributed by atoms with Gasteiger partial charge >= 0.3 is 0 Å². The van der Waals surface area contributed by atoms with Crippen LogP contribution in [0.4, 0.5) is 0 Å². The van der Waals surface area contributed by atoms with Crippen LogP contribution >= 0.6 is 0 Å². The lowest BCUT2D eigenvalue weighted by Gasteiger charge is -2.19. The van der Waals surface area contributed by atoms with Gasteiger partial charge in [-0.25, -0.2) is 4.98 Å². The Morgan fingerprint density at radius 2 is 0.898 bits per heavy atom. The van der Waals surface area contributed by atoms with Gasteiger partial charge in [0.1, 0.15) is 5.82 Å². The van der Waals surface area contributed by atoms with Crippen molar-refractivity contribution in [2.45, 2.75) is 13.8 Å². The van der Waals surface area contributed by atoms with E-state index in [1.807, 2.05) is 6.07 Å². The van der Waals surface area contributed by atoms with Crippen LogP contribution in [0.5, 0.6) is 0 Å². The van der Waals surface area contributed by atoms with E-state index in [0.29, 0.717) is 0 Å². The van der Waals surface area contributed by atoms with Crippen LogP contribution in [0, 0.1) is 13.8 Å². The van der Waals surface area contributed by atoms with E-state index in [4.69, 9.17) is 4.98 Å². The number of nitrogens with zero attached hydrogens (tertiary/aromatic N) is 2. The SMILES string of the molecule is Cc1cccc2ccc3cccc(-c4cccc5ccc6cc(-c7c8ccccc8c(-c8ccc(-n9c(C)nc%10ccccc%109)cc8)c8ccccc78)ccc6c45)c3c12. The van der Waals surface area contributed by atoms with E-state index in [0.717, 1.165) is 22.5 Å². The number of aromatic nitrogens is 2. The third-order valence-corrected chi connectivity index (χ3v) is 12.6. The summed E-state index contributed by atoms with van der Waals surface area (Å²) in [4.78, 5) is 4.83. The normalized spacial score (nSPS) is 11.9. The molecule has 2 nitrogen and oxygen atoms in total. The van der Waals surface area contributed by atoms with E-state index < -0.39 is 0 Å². The summed E-state index contributed by atoms with van der Waals surface area (Å²) in [6.45, 7) is 4.31. The van der Waals surface area contributed by atoms with Crippen LogP contribution in [0.25, 0.3) is 115 Å². The fourth-order valence-electron chi connectivity index (χ4n) is 10.1. The Bertz CT molecular complexity index is 3620. The maximum Gasteiger partial charge on any atom is 0.111 e. The molecule has 1 aromatic heterocycles. The smallest absolute Gasteiger partial charge is 0.111 e. The molecule has 276 valence electrons. The molecule has 12 rings (SSSR count). The molecule has 0 unspecified atom stereocenters. The minimum absolute atomic E-state index is 0.982. The van der Waals surface area contributed by atoms with E-state index in [1.165, 1.54) is 104 Å². The second-order valence-corrected chi connectivity index (χ2v) is 15.9. The molecular weight excluding hydrogens is 713 g/mol. The van der Waals surface area contributed by atoms with Crippen molar-refractivity contribution in [3.05, 3.63) is 206 Å². The molecule has 0 saturated carbocycles. The molecule has 0 atom stereocenters. The van der Waals surface area contributed by atoms with Gasteiger partial charge in [0.15, 0.2) is 0 Å². The standard InChI is InChI=1S/C57H38N2/c1-35-12-9-13-37-24-25-39-15-11-21-50(57(39)53(35)37)49-20-10-14-38-26-27-41-34-42(30-33-44(41)54(38)49)56-47-18-5-3-16-45(47)55(46-17-4-6-19-48(46)56)40-28-31-43(32-29-40)59-36(2)58-51-22-7-8-23-52(51)59/h3-34H,1-2H3. The molecule has 0 radical (unpaired) electrons. The van der Waals surface area contributed by atoms with Crippen molar-refractivity contribution in [1.82, 2.24) is 9.55 Å². The van der Waals surface area contributed by atoms with E-state index in [1.54, 1.807) is 0 Å². The molecule has 0 aliphatic carbocycles. The second-order valence-electron chi connectivity index (χ2n) is 15.9. The number of hydrogen-bond acceptors (Lipinski definition) is 1. The number of para-hydroxylation sites is 2. The lowest BCUT2D eigenvalue weighted by Crippen LogP contribution is -1.97. The van der Waals surface area contributed by atoms with Crippen molar-refractivity contribution in [1.29, 1.82) is 0 Å². The molecule has 2 heteroatoms. The first kappa shape index (κ1) is 33.6. The Labute approximate surface area is 342 Å². The fourth-order valence-corrected chi connectivity index (χ4v) is 10.1. The largest absolute Gasteiger partial charge is 0.297 e. The maximum absolute atomic E-state index is 4.83. The van der Waals surface area contributed by atoms with E-state index in [2.05, 4.69) is 206 Å². The number of imidazole rings is 1. The minimum Gasteiger partial charge on any atom is -0.297 e. The van der Waals surface area contributed by atoms with Crippen LogP contribution < -0.4 is 0 Å². The summed E-state index contributed by atoms with van der Waals surface area (Å²) >= 11 is 0. The van der Waals surface area contributed by atoms with Crippen LogP contribution in [0.1, 0.15) is 11.4 Å². The Morgan fingerprint density at radius 3 is 1.58 bits per heavy atom. The molecule has 0 aliphatic heterocycles. The first-order valence-corrected chi connectivity index (χ1v) is 20.5. The lowest BCUT2D eigenvalue weighted by molar-refractivity contribution is 1.00. The third kappa shape index (κ3) is 5.10. The summed E-state index contributed by atoms with van der Waals surface area (Å²) in [6, 6.07) is 71.7. The molecule has 0 amide bonds. The average Bonchev–Trinajstić information content (AvgIpc) is 3.63.